The van der Waals surface area contributed by atoms with Crippen molar-refractivity contribution >= 4 is 17.9 Å². The van der Waals surface area contributed by atoms with Crippen molar-refractivity contribution in [2.24, 2.45) is 0 Å². The predicted octanol–water partition coefficient (Wildman–Crippen LogP) is 2.92. The average molecular weight is 339 g/mol. The van der Waals surface area contributed by atoms with Crippen LogP contribution < -0.4 is 5.32 Å². The van der Waals surface area contributed by atoms with Crippen molar-refractivity contribution in [3.63, 3.8) is 0 Å². The van der Waals surface area contributed by atoms with Crippen molar-refractivity contribution in [3.05, 3.63) is 53.5 Å². The number of ether oxygens (including phenoxy) is 1. The van der Waals surface area contributed by atoms with E-state index in [1.165, 1.54) is 24.5 Å². The van der Waals surface area contributed by atoms with E-state index in [0.717, 1.165) is 0 Å². The Morgan fingerprint density at radius 3 is 2.52 bits per heavy atom. The summed E-state index contributed by atoms with van der Waals surface area (Å²) >= 11 is 0. The van der Waals surface area contributed by atoms with Crippen molar-refractivity contribution in [2.45, 2.75) is 26.4 Å². The van der Waals surface area contributed by atoms with Crippen molar-refractivity contribution in [3.8, 4) is 11.8 Å². The third-order valence-corrected chi connectivity index (χ3v) is 2.76. The molecule has 0 radical (unpaired) electrons. The summed E-state index contributed by atoms with van der Waals surface area (Å²) in [5.74, 6) is 4.73. The van der Waals surface area contributed by atoms with E-state index in [4.69, 9.17) is 9.84 Å². The summed E-state index contributed by atoms with van der Waals surface area (Å²) in [7, 11) is 0. The quantitative estimate of drug-likeness (QED) is 0.816. The van der Waals surface area contributed by atoms with Gasteiger partial charge in [0.2, 0.25) is 0 Å². The molecule has 0 spiro atoms. The van der Waals surface area contributed by atoms with Crippen molar-refractivity contribution < 1.29 is 19.4 Å². The molecular formula is C18H17N3O4. The summed E-state index contributed by atoms with van der Waals surface area (Å²) in [6.45, 7) is 5.30. The van der Waals surface area contributed by atoms with Crippen LogP contribution in [0, 0.1) is 11.8 Å². The molecule has 7 nitrogen and oxygen atoms in total. The SMILES string of the molecule is CC(C)(C)OC(=O)Nc1ccc(C#Cc2ncccc2C(=O)O)cn1. The lowest BCUT2D eigenvalue weighted by Gasteiger charge is -2.19. The van der Waals surface area contributed by atoms with Crippen LogP contribution >= 0.6 is 0 Å². The lowest BCUT2D eigenvalue weighted by Crippen LogP contribution is -2.27. The van der Waals surface area contributed by atoms with E-state index >= 15 is 0 Å². The molecule has 0 aromatic carbocycles. The van der Waals surface area contributed by atoms with Crippen molar-refractivity contribution in [1.29, 1.82) is 0 Å². The van der Waals surface area contributed by atoms with Gasteiger partial charge in [0.05, 0.1) is 5.56 Å². The van der Waals surface area contributed by atoms with Gasteiger partial charge in [0.15, 0.2) is 0 Å². The molecule has 0 bridgehead atoms. The van der Waals surface area contributed by atoms with Gasteiger partial charge in [0.1, 0.15) is 17.1 Å². The average Bonchev–Trinajstić information content (AvgIpc) is 2.52. The second-order valence-corrected chi connectivity index (χ2v) is 6.01. The molecule has 0 aliphatic heterocycles. The number of anilines is 1. The van der Waals surface area contributed by atoms with Gasteiger partial charge in [-0.1, -0.05) is 5.92 Å². The fourth-order valence-electron chi connectivity index (χ4n) is 1.76. The minimum atomic E-state index is -1.09. The number of pyridine rings is 2. The fraction of sp³-hybridized carbons (Fsp3) is 0.222. The van der Waals surface area contributed by atoms with E-state index in [9.17, 15) is 9.59 Å². The Balaban J connectivity index is 2.10. The lowest BCUT2D eigenvalue weighted by molar-refractivity contribution is 0.0633. The number of nitrogens with zero attached hydrogens (tertiary/aromatic N) is 2. The molecule has 0 saturated carbocycles. The van der Waals surface area contributed by atoms with Gasteiger partial charge in [-0.3, -0.25) is 5.32 Å². The first-order valence-electron chi connectivity index (χ1n) is 7.41. The molecule has 0 aliphatic carbocycles. The molecule has 0 aliphatic rings. The van der Waals surface area contributed by atoms with Crippen LogP contribution in [-0.4, -0.2) is 32.7 Å². The molecule has 2 N–H and O–H groups in total. The van der Waals surface area contributed by atoms with Crippen LogP contribution in [0.4, 0.5) is 10.6 Å². The Hall–Kier alpha value is -3.40. The van der Waals surface area contributed by atoms with E-state index in [-0.39, 0.29) is 11.3 Å². The second-order valence-electron chi connectivity index (χ2n) is 6.01. The highest BCUT2D eigenvalue weighted by Gasteiger charge is 2.16. The zero-order valence-corrected chi connectivity index (χ0v) is 14.0. The molecule has 2 heterocycles. The van der Waals surface area contributed by atoms with Crippen LogP contribution in [0.1, 0.15) is 42.4 Å². The molecule has 2 aromatic heterocycles. The normalized spacial score (nSPS) is 10.4. The number of rotatable bonds is 2. The maximum atomic E-state index is 11.7. The maximum Gasteiger partial charge on any atom is 0.413 e. The number of aromatic nitrogens is 2. The van der Waals surface area contributed by atoms with E-state index in [2.05, 4.69) is 27.1 Å². The number of hydrogen-bond donors (Lipinski definition) is 2. The van der Waals surface area contributed by atoms with Crippen molar-refractivity contribution in [2.75, 3.05) is 5.32 Å². The Labute approximate surface area is 145 Å². The third-order valence-electron chi connectivity index (χ3n) is 2.76. The molecule has 1 amide bonds. The molecule has 128 valence electrons. The highest BCUT2D eigenvalue weighted by Crippen LogP contribution is 2.10. The minimum absolute atomic E-state index is 0.0335. The van der Waals surface area contributed by atoms with Crippen LogP contribution in [0.5, 0.6) is 0 Å². The van der Waals surface area contributed by atoms with E-state index in [1.54, 1.807) is 32.9 Å². The Bertz CT molecular complexity index is 843. The van der Waals surface area contributed by atoms with Gasteiger partial charge < -0.3 is 9.84 Å². The van der Waals surface area contributed by atoms with Gasteiger partial charge in [-0.05, 0) is 51.0 Å². The smallest absolute Gasteiger partial charge is 0.413 e. The van der Waals surface area contributed by atoms with Crippen LogP contribution in [-0.2, 0) is 4.74 Å². The maximum absolute atomic E-state index is 11.7. The Morgan fingerprint density at radius 1 is 1.16 bits per heavy atom. The number of carboxylic acids is 1. The van der Waals surface area contributed by atoms with Gasteiger partial charge in [-0.25, -0.2) is 19.6 Å². The number of amides is 1. The lowest BCUT2D eigenvalue weighted by atomic mass is 10.2. The topological polar surface area (TPSA) is 101 Å². The van der Waals surface area contributed by atoms with Crippen molar-refractivity contribution in [1.82, 2.24) is 9.97 Å². The molecule has 7 heteroatoms. The summed E-state index contributed by atoms with van der Waals surface area (Å²) in [5, 5.41) is 11.6. The molecule has 0 fully saturated rings. The molecule has 0 atom stereocenters. The van der Waals surface area contributed by atoms with Crippen LogP contribution in [0.15, 0.2) is 36.7 Å². The number of hydrogen-bond acceptors (Lipinski definition) is 5. The molecule has 0 unspecified atom stereocenters. The highest BCUT2D eigenvalue weighted by atomic mass is 16.6. The second kappa shape index (κ2) is 7.45. The first kappa shape index (κ1) is 17.9. The van der Waals surface area contributed by atoms with E-state index in [0.29, 0.717) is 11.4 Å². The highest BCUT2D eigenvalue weighted by molar-refractivity contribution is 5.90. The summed E-state index contributed by atoms with van der Waals surface area (Å²) in [6, 6.07) is 6.19. The molecular weight excluding hydrogens is 322 g/mol. The van der Waals surface area contributed by atoms with E-state index in [1.807, 2.05) is 0 Å². The molecule has 25 heavy (non-hydrogen) atoms. The number of aromatic carboxylic acids is 1. The molecule has 0 saturated heterocycles. The molecule has 2 aromatic rings. The molecule has 2 rings (SSSR count). The predicted molar refractivity (Wildman–Crippen MR) is 91.3 cm³/mol. The zero-order valence-electron chi connectivity index (χ0n) is 14.0. The van der Waals surface area contributed by atoms with Gasteiger partial charge >= 0.3 is 12.1 Å². The number of carboxylic acid groups (broad SMARTS) is 1. The van der Waals surface area contributed by atoms with Crippen LogP contribution in [0.3, 0.4) is 0 Å². The van der Waals surface area contributed by atoms with Crippen LogP contribution in [0.25, 0.3) is 0 Å². The number of carbonyl (C=O) groups excluding carboxylic acids is 1. The summed E-state index contributed by atoms with van der Waals surface area (Å²) < 4.78 is 5.13. The monoisotopic (exact) mass is 339 g/mol. The third kappa shape index (κ3) is 5.62. The van der Waals surface area contributed by atoms with Gasteiger partial charge in [0.25, 0.3) is 0 Å². The van der Waals surface area contributed by atoms with E-state index < -0.39 is 17.7 Å². The first-order chi connectivity index (χ1) is 11.7. The summed E-state index contributed by atoms with van der Waals surface area (Å²) in [4.78, 5) is 30.8. The zero-order chi connectivity index (χ0) is 18.4. The fourth-order valence-corrected chi connectivity index (χ4v) is 1.76. The summed E-state index contributed by atoms with van der Waals surface area (Å²) in [6.07, 6.45) is 2.34. The van der Waals surface area contributed by atoms with Gasteiger partial charge in [-0.15, -0.1) is 0 Å². The van der Waals surface area contributed by atoms with Gasteiger partial charge in [-0.2, -0.15) is 0 Å². The van der Waals surface area contributed by atoms with Gasteiger partial charge in [0, 0.05) is 18.0 Å². The van der Waals surface area contributed by atoms with Crippen LogP contribution in [0.2, 0.25) is 0 Å². The Morgan fingerprint density at radius 2 is 1.92 bits per heavy atom. The largest absolute Gasteiger partial charge is 0.478 e. The number of carbonyl (C=O) groups is 2. The minimum Gasteiger partial charge on any atom is -0.478 e. The Kier molecular flexibility index (Phi) is 5.35. The number of nitrogens with one attached hydrogen (secondary N) is 1. The standard InChI is InChI=1S/C18H17N3O4/c1-18(2,3)25-17(24)21-15-9-7-12(11-20-15)6-8-14-13(16(22)23)5-4-10-19-14/h4-5,7,9-11H,1-3H3,(H,22,23)(H,20,21,24). The first-order valence-corrected chi connectivity index (χ1v) is 7.41. The summed E-state index contributed by atoms with van der Waals surface area (Å²) in [5.41, 5.74) is 0.161.